The summed E-state index contributed by atoms with van der Waals surface area (Å²) < 4.78 is 7.76. The SMILES string of the molecule is Cc1cccc(C)c1OCc1ccc(C(=O)Nc2ccn(Cc3ccc(Cl)cc3)n2)cc1. The van der Waals surface area contributed by atoms with Crippen LogP contribution in [0.4, 0.5) is 5.82 Å². The van der Waals surface area contributed by atoms with Crippen molar-refractivity contribution in [3.05, 3.63) is 112 Å². The molecule has 32 heavy (non-hydrogen) atoms. The van der Waals surface area contributed by atoms with Crippen molar-refractivity contribution in [2.75, 3.05) is 5.32 Å². The van der Waals surface area contributed by atoms with E-state index in [1.165, 1.54) is 0 Å². The maximum absolute atomic E-state index is 12.6. The average molecular weight is 446 g/mol. The van der Waals surface area contributed by atoms with Crippen LogP contribution in [-0.4, -0.2) is 15.7 Å². The molecule has 0 aliphatic rings. The Bertz CT molecular complexity index is 1190. The number of para-hydroxylation sites is 1. The Balaban J connectivity index is 1.34. The Hall–Kier alpha value is -3.57. The summed E-state index contributed by atoms with van der Waals surface area (Å²) in [5.74, 6) is 1.21. The molecule has 162 valence electrons. The molecule has 1 amide bonds. The number of nitrogens with zero attached hydrogens (tertiary/aromatic N) is 2. The number of hydrogen-bond donors (Lipinski definition) is 1. The summed E-state index contributed by atoms with van der Waals surface area (Å²) in [7, 11) is 0. The van der Waals surface area contributed by atoms with Crippen LogP contribution in [0.2, 0.25) is 5.02 Å². The van der Waals surface area contributed by atoms with Crippen LogP contribution >= 0.6 is 11.6 Å². The zero-order valence-electron chi connectivity index (χ0n) is 18.0. The fourth-order valence-electron chi connectivity index (χ4n) is 3.42. The van der Waals surface area contributed by atoms with E-state index in [2.05, 4.69) is 10.4 Å². The second-order valence-electron chi connectivity index (χ2n) is 7.69. The first kappa shape index (κ1) is 21.7. The maximum Gasteiger partial charge on any atom is 0.256 e. The molecule has 1 aromatic heterocycles. The number of carbonyl (C=O) groups excluding carboxylic acids is 1. The highest BCUT2D eigenvalue weighted by molar-refractivity contribution is 6.30. The highest BCUT2D eigenvalue weighted by atomic mass is 35.5. The van der Waals surface area contributed by atoms with E-state index in [9.17, 15) is 4.79 Å². The number of hydrogen-bond acceptors (Lipinski definition) is 3. The third-order valence-corrected chi connectivity index (χ3v) is 5.40. The predicted octanol–water partition coefficient (Wildman–Crippen LogP) is 6.03. The van der Waals surface area contributed by atoms with Gasteiger partial charge in [0.25, 0.3) is 5.91 Å². The molecule has 0 saturated carbocycles. The van der Waals surface area contributed by atoms with Gasteiger partial charge in [0, 0.05) is 22.8 Å². The van der Waals surface area contributed by atoms with E-state index in [0.717, 1.165) is 28.0 Å². The van der Waals surface area contributed by atoms with Gasteiger partial charge >= 0.3 is 0 Å². The summed E-state index contributed by atoms with van der Waals surface area (Å²) in [5.41, 5.74) is 4.85. The number of amides is 1. The van der Waals surface area contributed by atoms with Crippen LogP contribution in [0.5, 0.6) is 5.75 Å². The van der Waals surface area contributed by atoms with Crippen molar-refractivity contribution in [1.82, 2.24) is 9.78 Å². The van der Waals surface area contributed by atoms with Crippen molar-refractivity contribution in [1.29, 1.82) is 0 Å². The highest BCUT2D eigenvalue weighted by Gasteiger charge is 2.09. The van der Waals surface area contributed by atoms with Crippen LogP contribution < -0.4 is 10.1 Å². The highest BCUT2D eigenvalue weighted by Crippen LogP contribution is 2.23. The number of nitrogens with one attached hydrogen (secondary N) is 1. The van der Waals surface area contributed by atoms with E-state index in [4.69, 9.17) is 16.3 Å². The molecule has 0 aliphatic carbocycles. The average Bonchev–Trinajstić information content (AvgIpc) is 3.22. The monoisotopic (exact) mass is 445 g/mol. The van der Waals surface area contributed by atoms with E-state index >= 15 is 0 Å². The molecule has 0 unspecified atom stereocenters. The van der Waals surface area contributed by atoms with Crippen molar-refractivity contribution in [2.24, 2.45) is 0 Å². The molecule has 4 rings (SSSR count). The van der Waals surface area contributed by atoms with Crippen LogP contribution in [0.1, 0.15) is 32.6 Å². The molecule has 0 bridgehead atoms. The Morgan fingerprint density at radius 3 is 2.28 bits per heavy atom. The molecular weight excluding hydrogens is 422 g/mol. The third kappa shape index (κ3) is 5.37. The number of aryl methyl sites for hydroxylation is 2. The third-order valence-electron chi connectivity index (χ3n) is 5.15. The van der Waals surface area contributed by atoms with Crippen LogP contribution in [0, 0.1) is 13.8 Å². The zero-order valence-corrected chi connectivity index (χ0v) is 18.8. The summed E-state index contributed by atoms with van der Waals surface area (Å²) in [6.07, 6.45) is 1.83. The Morgan fingerprint density at radius 2 is 1.59 bits per heavy atom. The summed E-state index contributed by atoms with van der Waals surface area (Å²) in [5, 5.41) is 7.96. The number of aromatic nitrogens is 2. The number of anilines is 1. The lowest BCUT2D eigenvalue weighted by Gasteiger charge is -2.12. The van der Waals surface area contributed by atoms with Crippen LogP contribution in [0.15, 0.2) is 79.0 Å². The lowest BCUT2D eigenvalue weighted by atomic mass is 10.1. The lowest BCUT2D eigenvalue weighted by molar-refractivity contribution is 0.102. The first-order valence-electron chi connectivity index (χ1n) is 10.3. The number of rotatable bonds is 7. The minimum atomic E-state index is -0.205. The summed E-state index contributed by atoms with van der Waals surface area (Å²) in [4.78, 5) is 12.6. The van der Waals surface area contributed by atoms with Gasteiger partial charge < -0.3 is 10.1 Å². The molecule has 0 saturated heterocycles. The normalized spacial score (nSPS) is 10.7. The topological polar surface area (TPSA) is 56.1 Å². The smallest absolute Gasteiger partial charge is 0.256 e. The molecule has 0 fully saturated rings. The second-order valence-corrected chi connectivity index (χ2v) is 8.12. The van der Waals surface area contributed by atoms with Crippen LogP contribution in [0.25, 0.3) is 0 Å². The van der Waals surface area contributed by atoms with Crippen molar-refractivity contribution >= 4 is 23.3 Å². The van der Waals surface area contributed by atoms with Gasteiger partial charge in [-0.1, -0.05) is 54.1 Å². The largest absolute Gasteiger partial charge is 0.488 e. The molecule has 3 aromatic carbocycles. The molecule has 4 aromatic rings. The fraction of sp³-hybridized carbons (Fsp3) is 0.154. The molecule has 6 heteroatoms. The molecular formula is C26H24ClN3O2. The molecule has 1 heterocycles. The first-order chi connectivity index (χ1) is 15.5. The number of halogens is 1. The van der Waals surface area contributed by atoms with E-state index in [-0.39, 0.29) is 5.91 Å². The molecule has 0 atom stereocenters. The van der Waals surface area contributed by atoms with Gasteiger partial charge in [0.05, 0.1) is 6.54 Å². The van der Waals surface area contributed by atoms with Gasteiger partial charge in [0.15, 0.2) is 5.82 Å². The lowest BCUT2D eigenvalue weighted by Crippen LogP contribution is -2.13. The number of carbonyl (C=O) groups is 1. The standard InChI is InChI=1S/C26H24ClN3O2/c1-18-4-3-5-19(2)25(18)32-17-21-6-10-22(11-7-21)26(31)28-24-14-15-30(29-24)16-20-8-12-23(27)13-9-20/h3-15H,16-17H2,1-2H3,(H,28,29,31). The summed E-state index contributed by atoms with van der Waals surface area (Å²) in [6.45, 7) is 5.11. The van der Waals surface area contributed by atoms with Gasteiger partial charge in [-0.2, -0.15) is 5.10 Å². The van der Waals surface area contributed by atoms with Gasteiger partial charge in [0.1, 0.15) is 12.4 Å². The second kappa shape index (κ2) is 9.71. The van der Waals surface area contributed by atoms with Gasteiger partial charge in [-0.25, -0.2) is 0 Å². The fourth-order valence-corrected chi connectivity index (χ4v) is 3.54. The van der Waals surface area contributed by atoms with E-state index < -0.39 is 0 Å². The molecule has 0 aliphatic heterocycles. The van der Waals surface area contributed by atoms with Crippen molar-refractivity contribution in [3.8, 4) is 5.75 Å². The van der Waals surface area contributed by atoms with E-state index in [1.807, 2.05) is 74.6 Å². The Kier molecular flexibility index (Phi) is 6.57. The number of ether oxygens (including phenoxy) is 1. The summed E-state index contributed by atoms with van der Waals surface area (Å²) >= 11 is 5.93. The van der Waals surface area contributed by atoms with Crippen molar-refractivity contribution in [2.45, 2.75) is 27.0 Å². The molecule has 0 spiro atoms. The van der Waals surface area contributed by atoms with E-state index in [0.29, 0.717) is 29.6 Å². The van der Waals surface area contributed by atoms with Crippen LogP contribution in [0.3, 0.4) is 0 Å². The van der Waals surface area contributed by atoms with Crippen LogP contribution in [-0.2, 0) is 13.2 Å². The Morgan fingerprint density at radius 1 is 0.938 bits per heavy atom. The van der Waals surface area contributed by atoms with Gasteiger partial charge in [-0.05, 0) is 60.4 Å². The summed E-state index contributed by atoms with van der Waals surface area (Å²) in [6, 6.07) is 22.9. The van der Waals surface area contributed by atoms with Crippen molar-refractivity contribution < 1.29 is 9.53 Å². The quantitative estimate of drug-likeness (QED) is 0.377. The molecule has 5 nitrogen and oxygen atoms in total. The predicted molar refractivity (Wildman–Crippen MR) is 127 cm³/mol. The Labute approximate surface area is 192 Å². The first-order valence-corrected chi connectivity index (χ1v) is 10.7. The minimum absolute atomic E-state index is 0.205. The zero-order chi connectivity index (χ0) is 22.5. The van der Waals surface area contributed by atoms with E-state index in [1.54, 1.807) is 22.9 Å². The molecule has 0 radical (unpaired) electrons. The van der Waals surface area contributed by atoms with Gasteiger partial charge in [-0.15, -0.1) is 0 Å². The molecule has 1 N–H and O–H groups in total. The van der Waals surface area contributed by atoms with Gasteiger partial charge in [-0.3, -0.25) is 9.48 Å². The maximum atomic E-state index is 12.6. The van der Waals surface area contributed by atoms with Crippen molar-refractivity contribution in [3.63, 3.8) is 0 Å². The van der Waals surface area contributed by atoms with Gasteiger partial charge in [0.2, 0.25) is 0 Å². The minimum Gasteiger partial charge on any atom is -0.488 e. The number of benzene rings is 3.